The average molecular weight is 503 g/mol. The molecule has 0 aromatic heterocycles. The van der Waals surface area contributed by atoms with Crippen molar-refractivity contribution in [2.24, 2.45) is 0 Å². The van der Waals surface area contributed by atoms with Gasteiger partial charge in [-0.1, -0.05) is 97.3 Å². The van der Waals surface area contributed by atoms with Crippen molar-refractivity contribution in [2.45, 2.75) is 117 Å². The highest BCUT2D eigenvalue weighted by atomic mass is 16.5. The molecule has 0 spiro atoms. The van der Waals surface area contributed by atoms with E-state index in [4.69, 9.17) is 9.84 Å². The van der Waals surface area contributed by atoms with Crippen molar-refractivity contribution in [1.29, 1.82) is 0 Å². The summed E-state index contributed by atoms with van der Waals surface area (Å²) in [6.45, 7) is 6.88. The van der Waals surface area contributed by atoms with Crippen LogP contribution in [-0.4, -0.2) is 87.5 Å². The van der Waals surface area contributed by atoms with E-state index >= 15 is 0 Å². The third-order valence-corrected chi connectivity index (χ3v) is 6.04. The predicted octanol–water partition coefficient (Wildman–Crippen LogP) is 6.66. The summed E-state index contributed by atoms with van der Waals surface area (Å²) in [7, 11) is 9.83. The molecule has 0 fully saturated rings. The van der Waals surface area contributed by atoms with E-state index in [0.29, 0.717) is 17.6 Å². The molecule has 0 aromatic carbocycles. The molecule has 0 saturated carbocycles. The molecule has 0 aliphatic heterocycles. The van der Waals surface area contributed by atoms with Gasteiger partial charge in [0.2, 0.25) is 0 Å². The van der Waals surface area contributed by atoms with Crippen molar-refractivity contribution < 1.29 is 28.4 Å². The molecule has 35 heavy (non-hydrogen) atoms. The third kappa shape index (κ3) is 32.9. The summed E-state index contributed by atoms with van der Waals surface area (Å²) in [4.78, 5) is 22.1. The average Bonchev–Trinajstić information content (AvgIpc) is 2.72. The molecule has 210 valence electrons. The van der Waals surface area contributed by atoms with Gasteiger partial charge in [0.25, 0.3) is 0 Å². The number of carboxylic acid groups (broad SMARTS) is 1. The zero-order valence-electron chi connectivity index (χ0n) is 24.7. The van der Waals surface area contributed by atoms with Gasteiger partial charge < -0.3 is 18.8 Å². The van der Waals surface area contributed by atoms with Gasteiger partial charge in [0.05, 0.1) is 48.4 Å². The van der Waals surface area contributed by atoms with E-state index < -0.39 is 5.97 Å². The monoisotopic (exact) mass is 502 g/mol. The summed E-state index contributed by atoms with van der Waals surface area (Å²) in [6.07, 6.45) is 20.9. The summed E-state index contributed by atoms with van der Waals surface area (Å²) in [5, 5.41) is 8.23. The zero-order valence-corrected chi connectivity index (χ0v) is 24.7. The molecule has 6 nitrogen and oxygen atoms in total. The highest BCUT2D eigenvalue weighted by Crippen LogP contribution is 2.11. The van der Waals surface area contributed by atoms with Crippen LogP contribution < -0.4 is 0 Å². The Morgan fingerprint density at radius 3 is 1.37 bits per heavy atom. The lowest BCUT2D eigenvalue weighted by atomic mass is 10.1. The fraction of sp³-hybridized carbons (Fsp3) is 0.931. The Kier molecular flexibility index (Phi) is 23.9. The van der Waals surface area contributed by atoms with E-state index in [2.05, 4.69) is 27.9 Å². The fourth-order valence-electron chi connectivity index (χ4n) is 3.98. The summed E-state index contributed by atoms with van der Waals surface area (Å²) >= 11 is 0. The lowest BCUT2D eigenvalue weighted by Crippen LogP contribution is -2.45. The Hall–Kier alpha value is -1.14. The Labute approximate surface area is 218 Å². The highest BCUT2D eigenvalue weighted by molar-refractivity contribution is 5.70. The van der Waals surface area contributed by atoms with E-state index in [1.54, 1.807) is 0 Å². The van der Waals surface area contributed by atoms with E-state index in [-0.39, 0.29) is 12.5 Å². The summed E-state index contributed by atoms with van der Waals surface area (Å²) in [6, 6.07) is 0. The van der Waals surface area contributed by atoms with Crippen LogP contribution in [0.4, 0.5) is 0 Å². The summed E-state index contributed by atoms with van der Waals surface area (Å²) in [5.41, 5.74) is 0. The molecule has 0 aliphatic carbocycles. The number of rotatable bonds is 22. The van der Waals surface area contributed by atoms with Crippen LogP contribution in [-0.2, 0) is 14.3 Å². The second-order valence-corrected chi connectivity index (χ2v) is 11.8. The van der Waals surface area contributed by atoms with Crippen molar-refractivity contribution in [3.63, 3.8) is 0 Å². The largest absolute Gasteiger partial charge is 0.477 e. The minimum absolute atomic E-state index is 0.0255. The van der Waals surface area contributed by atoms with Gasteiger partial charge in [-0.05, 0) is 19.3 Å². The molecule has 0 rings (SSSR count). The van der Waals surface area contributed by atoms with E-state index in [9.17, 15) is 9.59 Å². The molecule has 0 unspecified atom stereocenters. The highest BCUT2D eigenvalue weighted by Gasteiger charge is 2.20. The first kappa shape index (κ1) is 36.0. The number of quaternary nitrogens is 2. The molecule has 0 aliphatic rings. The number of unbranched alkanes of at least 4 members (excludes halogenated alkanes) is 14. The van der Waals surface area contributed by atoms with Crippen LogP contribution >= 0.6 is 0 Å². The van der Waals surface area contributed by atoms with E-state index in [1.165, 1.54) is 96.3 Å². The number of hydrogen-bond donors (Lipinski definition) is 1. The molecule has 0 radical (unpaired) electrons. The Bertz CT molecular complexity index is 501. The molecule has 0 amide bonds. The quantitative estimate of drug-likeness (QED) is 0.102. The number of carbonyl (C=O) groups is 2. The number of aliphatic carboxylic acids is 1. The van der Waals surface area contributed by atoms with Crippen LogP contribution in [0.25, 0.3) is 0 Å². The van der Waals surface area contributed by atoms with Gasteiger partial charge >= 0.3 is 11.9 Å². The first-order valence-electron chi connectivity index (χ1n) is 14.4. The number of nitrogens with zero attached hydrogens (tertiary/aromatic N) is 2. The van der Waals surface area contributed by atoms with Crippen LogP contribution in [0.3, 0.4) is 0 Å². The smallest absolute Gasteiger partial charge is 0.361 e. The van der Waals surface area contributed by atoms with Crippen LogP contribution in [0.5, 0.6) is 0 Å². The zero-order chi connectivity index (χ0) is 27.0. The van der Waals surface area contributed by atoms with Gasteiger partial charge in [0.1, 0.15) is 0 Å². The van der Waals surface area contributed by atoms with Gasteiger partial charge in [-0.25, -0.2) is 9.59 Å². The second-order valence-electron chi connectivity index (χ2n) is 11.8. The lowest BCUT2D eigenvalue weighted by molar-refractivity contribution is -0.883. The van der Waals surface area contributed by atoms with Crippen molar-refractivity contribution in [3.8, 4) is 0 Å². The normalized spacial score (nSPS) is 11.6. The number of carbonyl (C=O) groups excluding carboxylic acids is 1. The number of likely N-dealkylation sites (N-methyl/N-ethyl adjacent to an activating group) is 2. The van der Waals surface area contributed by atoms with Crippen molar-refractivity contribution >= 4 is 11.9 Å². The first-order chi connectivity index (χ1) is 16.4. The standard InChI is InChI=1S/C24H50NO2.C5H11NO2/c1-5-7-9-11-13-15-17-19-21-25(3,4)23-24(26)27-22-20-18-16-14-12-10-8-6-2;1-6(2,3)4-5(7)8/h5-23H2,1-4H3;4H2,1-3H3/q+1;/p+1. The Morgan fingerprint density at radius 1 is 0.600 bits per heavy atom. The summed E-state index contributed by atoms with van der Waals surface area (Å²) in [5.74, 6) is -0.778. The van der Waals surface area contributed by atoms with Crippen molar-refractivity contribution in [1.82, 2.24) is 0 Å². The van der Waals surface area contributed by atoms with Crippen molar-refractivity contribution in [3.05, 3.63) is 0 Å². The van der Waals surface area contributed by atoms with Crippen molar-refractivity contribution in [2.75, 3.05) is 61.5 Å². The van der Waals surface area contributed by atoms with Gasteiger partial charge in [-0.2, -0.15) is 0 Å². The number of carboxylic acids is 1. The van der Waals surface area contributed by atoms with Gasteiger partial charge in [0.15, 0.2) is 13.1 Å². The SMILES string of the molecule is CCCCCCCCCCOC(=O)C[N+](C)(C)CCCCCCCCCC.C[N+](C)(C)CC(=O)O. The minimum atomic E-state index is -0.752. The summed E-state index contributed by atoms with van der Waals surface area (Å²) < 4.78 is 6.69. The van der Waals surface area contributed by atoms with Gasteiger partial charge in [0, 0.05) is 0 Å². The van der Waals surface area contributed by atoms with Crippen LogP contribution in [0.1, 0.15) is 117 Å². The van der Waals surface area contributed by atoms with Gasteiger partial charge in [-0.15, -0.1) is 0 Å². The molecular formula is C29H62N2O4+2. The molecule has 0 saturated heterocycles. The number of ether oxygens (including phenoxy) is 1. The van der Waals surface area contributed by atoms with Crippen LogP contribution in [0, 0.1) is 0 Å². The number of hydrogen-bond acceptors (Lipinski definition) is 3. The first-order valence-corrected chi connectivity index (χ1v) is 14.4. The van der Waals surface area contributed by atoms with Gasteiger partial charge in [-0.3, -0.25) is 0 Å². The topological polar surface area (TPSA) is 63.6 Å². The Morgan fingerprint density at radius 2 is 1.00 bits per heavy atom. The molecule has 1 N–H and O–H groups in total. The molecule has 0 bridgehead atoms. The molecule has 0 atom stereocenters. The lowest BCUT2D eigenvalue weighted by Gasteiger charge is -2.28. The maximum atomic E-state index is 12.1. The molecule has 0 aromatic rings. The second kappa shape index (κ2) is 23.3. The van der Waals surface area contributed by atoms with E-state index in [1.807, 2.05) is 21.1 Å². The minimum Gasteiger partial charge on any atom is -0.477 e. The maximum Gasteiger partial charge on any atom is 0.361 e. The van der Waals surface area contributed by atoms with E-state index in [0.717, 1.165) is 17.4 Å². The maximum absolute atomic E-state index is 12.1. The molecule has 6 heteroatoms. The van der Waals surface area contributed by atoms with Crippen LogP contribution in [0.2, 0.25) is 0 Å². The number of esters is 1. The van der Waals surface area contributed by atoms with Crippen LogP contribution in [0.15, 0.2) is 0 Å². The predicted molar refractivity (Wildman–Crippen MR) is 149 cm³/mol. The fourth-order valence-corrected chi connectivity index (χ4v) is 3.98. The molecule has 0 heterocycles. The molecular weight excluding hydrogens is 440 g/mol. The Balaban J connectivity index is 0. The third-order valence-electron chi connectivity index (χ3n) is 6.04.